The van der Waals surface area contributed by atoms with Gasteiger partial charge in [-0.2, -0.15) is 0 Å². The molecule has 2 aromatic carbocycles. The summed E-state index contributed by atoms with van der Waals surface area (Å²) in [6.07, 6.45) is 1.67. The fourth-order valence-corrected chi connectivity index (χ4v) is 3.67. The molecule has 6 nitrogen and oxygen atoms in total. The number of halogens is 2. The lowest BCUT2D eigenvalue weighted by Crippen LogP contribution is -2.31. The molecule has 0 aliphatic heterocycles. The summed E-state index contributed by atoms with van der Waals surface area (Å²) in [5.74, 6) is 1.19. The van der Waals surface area contributed by atoms with Gasteiger partial charge >= 0.3 is 0 Å². The second-order valence-electron chi connectivity index (χ2n) is 7.29. The zero-order valence-electron chi connectivity index (χ0n) is 17.2. The Labute approximate surface area is 186 Å². The highest BCUT2D eigenvalue weighted by Gasteiger charge is 2.11. The second kappa shape index (κ2) is 10.7. The highest BCUT2D eigenvalue weighted by atomic mass is 35.5. The van der Waals surface area contributed by atoms with E-state index in [0.29, 0.717) is 28.8 Å². The number of carbonyl (C=O) groups excluding carboxylic acids is 1. The first-order valence-electron chi connectivity index (χ1n) is 9.87. The number of para-hydroxylation sites is 2. The molecule has 160 valence electrons. The zero-order valence-corrected chi connectivity index (χ0v) is 18.7. The number of benzene rings is 2. The predicted molar refractivity (Wildman–Crippen MR) is 122 cm³/mol. The van der Waals surface area contributed by atoms with Crippen molar-refractivity contribution in [3.05, 3.63) is 58.3 Å². The summed E-state index contributed by atoms with van der Waals surface area (Å²) in [6, 6.07) is 13.0. The molecule has 1 aromatic heterocycles. The fourth-order valence-electron chi connectivity index (χ4n) is 3.21. The third kappa shape index (κ3) is 6.11. The molecule has 8 heteroatoms. The van der Waals surface area contributed by atoms with E-state index in [1.54, 1.807) is 18.2 Å². The Bertz CT molecular complexity index is 1000. The van der Waals surface area contributed by atoms with Crippen molar-refractivity contribution >= 4 is 40.1 Å². The first-order chi connectivity index (χ1) is 14.4. The van der Waals surface area contributed by atoms with Crippen molar-refractivity contribution in [1.29, 1.82) is 0 Å². The largest absolute Gasteiger partial charge is 0.482 e. The summed E-state index contributed by atoms with van der Waals surface area (Å²) in [5.41, 5.74) is 2.10. The zero-order chi connectivity index (χ0) is 21.5. The molecule has 0 aliphatic carbocycles. The lowest BCUT2D eigenvalue weighted by molar-refractivity contribution is -0.123. The molecule has 0 aliphatic rings. The van der Waals surface area contributed by atoms with Crippen LogP contribution in [0.15, 0.2) is 42.5 Å². The third-order valence-electron chi connectivity index (χ3n) is 4.64. The van der Waals surface area contributed by atoms with E-state index in [4.69, 9.17) is 32.9 Å². The number of amides is 1. The van der Waals surface area contributed by atoms with Crippen LogP contribution in [0, 0.1) is 0 Å². The molecule has 0 fully saturated rings. The number of ether oxygens (including phenoxy) is 1. The molecule has 3 aromatic rings. The molecule has 0 bridgehead atoms. The summed E-state index contributed by atoms with van der Waals surface area (Å²) < 4.78 is 7.72. The topological polar surface area (TPSA) is 59.4 Å². The maximum atomic E-state index is 12.2. The minimum Gasteiger partial charge on any atom is -0.482 e. The van der Waals surface area contributed by atoms with Gasteiger partial charge in [0.05, 0.1) is 16.1 Å². The van der Waals surface area contributed by atoms with Crippen LogP contribution in [-0.2, 0) is 17.8 Å². The summed E-state index contributed by atoms with van der Waals surface area (Å²) in [5, 5.41) is 3.78. The maximum absolute atomic E-state index is 12.2. The summed E-state index contributed by atoms with van der Waals surface area (Å²) >= 11 is 11.9. The normalized spacial score (nSPS) is 11.2. The van der Waals surface area contributed by atoms with Gasteiger partial charge in [-0.05, 0) is 57.4 Å². The molecule has 1 heterocycles. The Morgan fingerprint density at radius 3 is 2.77 bits per heavy atom. The van der Waals surface area contributed by atoms with E-state index >= 15 is 0 Å². The van der Waals surface area contributed by atoms with Crippen molar-refractivity contribution in [3.63, 3.8) is 0 Å². The lowest BCUT2D eigenvalue weighted by atomic mass is 10.3. The van der Waals surface area contributed by atoms with Crippen molar-refractivity contribution in [1.82, 2.24) is 19.8 Å². The van der Waals surface area contributed by atoms with Gasteiger partial charge in [0.1, 0.15) is 11.6 Å². The number of hydrogen-bond acceptors (Lipinski definition) is 4. The van der Waals surface area contributed by atoms with Gasteiger partial charge in [0.25, 0.3) is 5.91 Å². The lowest BCUT2D eigenvalue weighted by Gasteiger charge is -2.13. The minimum atomic E-state index is -0.212. The number of nitrogens with one attached hydrogen (secondary N) is 1. The molecule has 0 spiro atoms. The third-order valence-corrected chi connectivity index (χ3v) is 5.17. The SMILES string of the molecule is CN(C)CCCn1c(CCNC(=O)COc2ccc(Cl)cc2Cl)nc2ccccc21. The van der Waals surface area contributed by atoms with Gasteiger partial charge in [-0.15, -0.1) is 0 Å². The maximum Gasteiger partial charge on any atom is 0.257 e. The van der Waals surface area contributed by atoms with Crippen molar-refractivity contribution in [2.75, 3.05) is 33.8 Å². The van der Waals surface area contributed by atoms with E-state index in [0.717, 1.165) is 36.4 Å². The van der Waals surface area contributed by atoms with Crippen LogP contribution in [0.4, 0.5) is 0 Å². The average Bonchev–Trinajstić information content (AvgIpc) is 3.05. The number of nitrogens with zero attached hydrogens (tertiary/aromatic N) is 3. The van der Waals surface area contributed by atoms with E-state index in [2.05, 4.69) is 34.9 Å². The van der Waals surface area contributed by atoms with Crippen molar-refractivity contribution in [2.24, 2.45) is 0 Å². The van der Waals surface area contributed by atoms with Gasteiger partial charge in [-0.25, -0.2) is 4.98 Å². The Morgan fingerprint density at radius 2 is 2.00 bits per heavy atom. The number of fused-ring (bicyclic) bond motifs is 1. The molecule has 0 saturated heterocycles. The van der Waals surface area contributed by atoms with Gasteiger partial charge < -0.3 is 19.5 Å². The molecule has 0 unspecified atom stereocenters. The van der Waals surface area contributed by atoms with Crippen LogP contribution in [-0.4, -0.2) is 54.1 Å². The van der Waals surface area contributed by atoms with Crippen molar-refractivity contribution < 1.29 is 9.53 Å². The smallest absolute Gasteiger partial charge is 0.257 e. The summed E-state index contributed by atoms with van der Waals surface area (Å²) in [7, 11) is 4.14. The van der Waals surface area contributed by atoms with E-state index in [-0.39, 0.29) is 12.5 Å². The quantitative estimate of drug-likeness (QED) is 0.508. The van der Waals surface area contributed by atoms with E-state index < -0.39 is 0 Å². The Morgan fingerprint density at radius 1 is 1.20 bits per heavy atom. The fraction of sp³-hybridized carbons (Fsp3) is 0.364. The molecule has 0 radical (unpaired) electrons. The van der Waals surface area contributed by atoms with Crippen molar-refractivity contribution in [2.45, 2.75) is 19.4 Å². The Kier molecular flexibility index (Phi) is 7.96. The number of carbonyl (C=O) groups is 1. The molecule has 3 rings (SSSR count). The molecule has 0 atom stereocenters. The standard InChI is InChI=1S/C22H26Cl2N4O2/c1-27(2)12-5-13-28-19-7-4-3-6-18(19)26-21(28)10-11-25-22(29)15-30-20-9-8-16(23)14-17(20)24/h3-4,6-9,14H,5,10-13,15H2,1-2H3,(H,25,29). The molecule has 0 saturated carbocycles. The van der Waals surface area contributed by atoms with Crippen LogP contribution in [0.25, 0.3) is 11.0 Å². The van der Waals surface area contributed by atoms with Crippen molar-refractivity contribution in [3.8, 4) is 5.75 Å². The van der Waals surface area contributed by atoms with Crippen LogP contribution in [0.5, 0.6) is 5.75 Å². The average molecular weight is 449 g/mol. The van der Waals surface area contributed by atoms with Gasteiger partial charge in [0.15, 0.2) is 6.61 Å². The van der Waals surface area contributed by atoms with Crippen LogP contribution >= 0.6 is 23.2 Å². The Balaban J connectivity index is 1.55. The molecule has 30 heavy (non-hydrogen) atoms. The van der Waals surface area contributed by atoms with Gasteiger partial charge in [0.2, 0.25) is 0 Å². The van der Waals surface area contributed by atoms with Crippen LogP contribution in [0.1, 0.15) is 12.2 Å². The van der Waals surface area contributed by atoms with Gasteiger partial charge in [-0.1, -0.05) is 35.3 Å². The van der Waals surface area contributed by atoms with Gasteiger partial charge in [-0.3, -0.25) is 4.79 Å². The van der Waals surface area contributed by atoms with E-state index in [9.17, 15) is 4.79 Å². The second-order valence-corrected chi connectivity index (χ2v) is 8.13. The Hall–Kier alpha value is -2.28. The summed E-state index contributed by atoms with van der Waals surface area (Å²) in [6.45, 7) is 2.27. The van der Waals surface area contributed by atoms with Crippen LogP contribution in [0.2, 0.25) is 10.0 Å². The number of rotatable bonds is 10. The minimum absolute atomic E-state index is 0.111. The van der Waals surface area contributed by atoms with Gasteiger partial charge in [0, 0.05) is 24.5 Å². The highest BCUT2D eigenvalue weighted by Crippen LogP contribution is 2.27. The molecular weight excluding hydrogens is 423 g/mol. The summed E-state index contributed by atoms with van der Waals surface area (Å²) in [4.78, 5) is 19.1. The van der Waals surface area contributed by atoms with E-state index in [1.165, 1.54) is 0 Å². The number of hydrogen-bond donors (Lipinski definition) is 1. The first kappa shape index (κ1) is 22.4. The van der Waals surface area contributed by atoms with Crippen LogP contribution in [0.3, 0.4) is 0 Å². The number of aromatic nitrogens is 2. The van der Waals surface area contributed by atoms with E-state index in [1.807, 2.05) is 18.2 Å². The number of imidazole rings is 1. The molecule has 1 amide bonds. The monoisotopic (exact) mass is 448 g/mol. The first-order valence-corrected chi connectivity index (χ1v) is 10.6. The highest BCUT2D eigenvalue weighted by molar-refractivity contribution is 6.35. The predicted octanol–water partition coefficient (Wildman–Crippen LogP) is 4.03. The molecule has 1 N–H and O–H groups in total. The molecular formula is C22H26Cl2N4O2. The van der Waals surface area contributed by atoms with Crippen LogP contribution < -0.4 is 10.1 Å². The number of aryl methyl sites for hydroxylation is 1.